The van der Waals surface area contributed by atoms with E-state index in [0.29, 0.717) is 12.8 Å². The van der Waals surface area contributed by atoms with Crippen LogP contribution in [0.5, 0.6) is 0 Å². The molecular formula is C9H13FO2. The first kappa shape index (κ1) is 10.9. The van der Waals surface area contributed by atoms with E-state index in [0.717, 1.165) is 6.08 Å². The van der Waals surface area contributed by atoms with Gasteiger partial charge in [-0.3, -0.25) is 4.39 Å². The van der Waals surface area contributed by atoms with Crippen molar-refractivity contribution in [3.05, 3.63) is 24.8 Å². The monoisotopic (exact) mass is 172 g/mol. The highest BCUT2D eigenvalue weighted by Crippen LogP contribution is 2.10. The maximum absolute atomic E-state index is 11.9. The minimum absolute atomic E-state index is 0.0383. The molecule has 0 aromatic carbocycles. The second-order valence-electron chi connectivity index (χ2n) is 2.46. The maximum atomic E-state index is 11.9. The Bertz CT molecular complexity index is 175. The quantitative estimate of drug-likeness (QED) is 0.492. The van der Waals surface area contributed by atoms with Gasteiger partial charge < -0.3 is 5.11 Å². The zero-order valence-electron chi connectivity index (χ0n) is 6.87. The molecule has 0 heterocycles. The lowest BCUT2D eigenvalue weighted by Crippen LogP contribution is -1.98. The summed E-state index contributed by atoms with van der Waals surface area (Å²) in [5, 5.41) is 8.29. The topological polar surface area (TPSA) is 37.3 Å². The fourth-order valence-electron chi connectivity index (χ4n) is 0.865. The van der Waals surface area contributed by atoms with Crippen molar-refractivity contribution in [1.29, 1.82) is 0 Å². The number of rotatable bonds is 6. The average Bonchev–Trinajstić information content (AvgIpc) is 2.01. The molecule has 0 saturated heterocycles. The summed E-state index contributed by atoms with van der Waals surface area (Å²) in [6.07, 6.45) is 5.18. The molecule has 2 nitrogen and oxygen atoms in total. The van der Waals surface area contributed by atoms with Gasteiger partial charge in [0.2, 0.25) is 0 Å². The Labute approximate surface area is 71.4 Å². The molecule has 0 aliphatic rings. The van der Waals surface area contributed by atoms with Gasteiger partial charge in [-0.1, -0.05) is 12.2 Å². The van der Waals surface area contributed by atoms with E-state index < -0.39 is 12.6 Å². The lowest BCUT2D eigenvalue weighted by molar-refractivity contribution is -0.131. The van der Waals surface area contributed by atoms with Crippen LogP contribution in [0.3, 0.4) is 0 Å². The molecular weight excluding hydrogens is 159 g/mol. The summed E-state index contributed by atoms with van der Waals surface area (Å²) in [5.74, 6) is -1.04. The van der Waals surface area contributed by atoms with Crippen LogP contribution in [-0.4, -0.2) is 17.8 Å². The Morgan fingerprint density at radius 2 is 2.33 bits per heavy atom. The van der Waals surface area contributed by atoms with Crippen LogP contribution in [0, 0.1) is 5.92 Å². The number of carboxylic acid groups (broad SMARTS) is 1. The molecule has 1 N–H and O–H groups in total. The molecule has 1 atom stereocenters. The van der Waals surface area contributed by atoms with Crippen molar-refractivity contribution >= 4 is 5.97 Å². The van der Waals surface area contributed by atoms with Crippen molar-refractivity contribution in [2.24, 2.45) is 5.92 Å². The lowest BCUT2D eigenvalue weighted by atomic mass is 10.0. The second kappa shape index (κ2) is 6.58. The highest BCUT2D eigenvalue weighted by Gasteiger charge is 2.02. The van der Waals surface area contributed by atoms with Crippen LogP contribution in [0.1, 0.15) is 12.8 Å². The van der Waals surface area contributed by atoms with Crippen LogP contribution in [0.15, 0.2) is 24.8 Å². The summed E-state index contributed by atoms with van der Waals surface area (Å²) in [4.78, 5) is 10.1. The fourth-order valence-corrected chi connectivity index (χ4v) is 0.865. The third-order valence-corrected chi connectivity index (χ3v) is 1.46. The summed E-state index contributed by atoms with van der Waals surface area (Å²) < 4.78 is 11.9. The molecule has 0 fully saturated rings. The zero-order chi connectivity index (χ0) is 9.40. The predicted octanol–water partition coefficient (Wildman–Crippen LogP) is 2.18. The molecule has 1 unspecified atom stereocenters. The molecule has 12 heavy (non-hydrogen) atoms. The standard InChI is InChI=1S/C9H13FO2/c1-2-3-8(6-7-10)4-5-9(11)12/h2,4-5,8H,1,3,6-7H2,(H,11,12). The third kappa shape index (κ3) is 5.65. The normalized spacial score (nSPS) is 13.1. The summed E-state index contributed by atoms with van der Waals surface area (Å²) >= 11 is 0. The number of hydrogen-bond acceptors (Lipinski definition) is 1. The highest BCUT2D eigenvalue weighted by atomic mass is 19.1. The Morgan fingerprint density at radius 3 is 2.75 bits per heavy atom. The molecule has 0 aromatic heterocycles. The minimum atomic E-state index is -0.997. The first-order valence-electron chi connectivity index (χ1n) is 3.78. The van der Waals surface area contributed by atoms with E-state index >= 15 is 0 Å². The number of alkyl halides is 1. The molecule has 0 rings (SSSR count). The maximum Gasteiger partial charge on any atom is 0.327 e. The van der Waals surface area contributed by atoms with Crippen molar-refractivity contribution in [1.82, 2.24) is 0 Å². The Kier molecular flexibility index (Phi) is 5.97. The highest BCUT2D eigenvalue weighted by molar-refractivity contribution is 5.79. The summed E-state index contributed by atoms with van der Waals surface area (Å²) in [6.45, 7) is 3.08. The number of halogens is 1. The fraction of sp³-hybridized carbons (Fsp3) is 0.444. The van der Waals surface area contributed by atoms with Gasteiger partial charge in [-0.2, -0.15) is 0 Å². The van der Waals surface area contributed by atoms with E-state index in [1.54, 1.807) is 6.08 Å². The number of carbonyl (C=O) groups is 1. The number of aliphatic carboxylic acids is 1. The summed E-state index contributed by atoms with van der Waals surface area (Å²) in [7, 11) is 0. The van der Waals surface area contributed by atoms with Gasteiger partial charge in [0.1, 0.15) is 0 Å². The molecule has 0 bridgehead atoms. The van der Waals surface area contributed by atoms with E-state index in [4.69, 9.17) is 5.11 Å². The van der Waals surface area contributed by atoms with Gasteiger partial charge in [0.15, 0.2) is 0 Å². The molecule has 0 aliphatic carbocycles. The van der Waals surface area contributed by atoms with Gasteiger partial charge in [0.05, 0.1) is 6.67 Å². The third-order valence-electron chi connectivity index (χ3n) is 1.46. The Balaban J connectivity index is 3.92. The predicted molar refractivity (Wildman–Crippen MR) is 45.7 cm³/mol. The number of carboxylic acids is 1. The Hall–Kier alpha value is -1.12. The second-order valence-corrected chi connectivity index (χ2v) is 2.46. The van der Waals surface area contributed by atoms with Crippen molar-refractivity contribution in [3.8, 4) is 0 Å². The SMILES string of the molecule is C=CCC(C=CC(=O)O)CCF. The van der Waals surface area contributed by atoms with E-state index in [2.05, 4.69) is 6.58 Å². The number of hydrogen-bond donors (Lipinski definition) is 1. The smallest absolute Gasteiger partial charge is 0.327 e. The van der Waals surface area contributed by atoms with Crippen LogP contribution >= 0.6 is 0 Å². The summed E-state index contributed by atoms with van der Waals surface area (Å²) in [5.41, 5.74) is 0. The summed E-state index contributed by atoms with van der Waals surface area (Å²) in [6, 6.07) is 0. The van der Waals surface area contributed by atoms with Gasteiger partial charge in [0.25, 0.3) is 0 Å². The molecule has 3 heteroatoms. The molecule has 0 radical (unpaired) electrons. The largest absolute Gasteiger partial charge is 0.478 e. The van der Waals surface area contributed by atoms with E-state index in [1.165, 1.54) is 6.08 Å². The van der Waals surface area contributed by atoms with Crippen LogP contribution in [0.4, 0.5) is 4.39 Å². The van der Waals surface area contributed by atoms with Crippen molar-refractivity contribution in [2.75, 3.05) is 6.67 Å². The van der Waals surface area contributed by atoms with E-state index in [1.807, 2.05) is 0 Å². The van der Waals surface area contributed by atoms with Crippen LogP contribution < -0.4 is 0 Å². The first-order chi connectivity index (χ1) is 5.70. The van der Waals surface area contributed by atoms with Crippen LogP contribution in [0.25, 0.3) is 0 Å². The zero-order valence-corrected chi connectivity index (χ0v) is 6.87. The average molecular weight is 172 g/mol. The molecule has 68 valence electrons. The molecule has 0 spiro atoms. The van der Waals surface area contributed by atoms with E-state index in [-0.39, 0.29) is 5.92 Å². The van der Waals surface area contributed by atoms with Gasteiger partial charge in [-0.05, 0) is 18.8 Å². The van der Waals surface area contributed by atoms with Gasteiger partial charge in [-0.15, -0.1) is 6.58 Å². The van der Waals surface area contributed by atoms with Crippen molar-refractivity contribution in [3.63, 3.8) is 0 Å². The van der Waals surface area contributed by atoms with Gasteiger partial charge >= 0.3 is 5.97 Å². The molecule has 0 amide bonds. The first-order valence-corrected chi connectivity index (χ1v) is 3.78. The molecule has 0 aromatic rings. The van der Waals surface area contributed by atoms with Crippen LogP contribution in [0.2, 0.25) is 0 Å². The minimum Gasteiger partial charge on any atom is -0.478 e. The molecule has 0 saturated carbocycles. The lowest BCUT2D eigenvalue weighted by Gasteiger charge is -2.05. The number of allylic oxidation sites excluding steroid dienone is 2. The Morgan fingerprint density at radius 1 is 1.67 bits per heavy atom. The van der Waals surface area contributed by atoms with Crippen molar-refractivity contribution < 1.29 is 14.3 Å². The van der Waals surface area contributed by atoms with Gasteiger partial charge in [-0.25, -0.2) is 4.79 Å². The van der Waals surface area contributed by atoms with Crippen molar-refractivity contribution in [2.45, 2.75) is 12.8 Å². The molecule has 0 aliphatic heterocycles. The van der Waals surface area contributed by atoms with E-state index in [9.17, 15) is 9.18 Å². The van der Waals surface area contributed by atoms with Gasteiger partial charge in [0, 0.05) is 6.08 Å². The van der Waals surface area contributed by atoms with Crippen LogP contribution in [-0.2, 0) is 4.79 Å².